The summed E-state index contributed by atoms with van der Waals surface area (Å²) in [4.78, 5) is 13.8. The first-order valence-electron chi connectivity index (χ1n) is 11.7. The fourth-order valence-electron chi connectivity index (χ4n) is 4.06. The van der Waals surface area contributed by atoms with Gasteiger partial charge in [0.2, 0.25) is 0 Å². The van der Waals surface area contributed by atoms with Crippen LogP contribution < -0.4 is 15.5 Å². The van der Waals surface area contributed by atoms with Gasteiger partial charge < -0.3 is 29.9 Å². The lowest BCUT2D eigenvalue weighted by Gasteiger charge is -2.33. The Morgan fingerprint density at radius 3 is 2.84 bits per heavy atom. The second-order valence-corrected chi connectivity index (χ2v) is 8.76. The molecule has 3 heterocycles. The highest BCUT2D eigenvalue weighted by Gasteiger charge is 2.20. The predicted molar refractivity (Wildman–Crippen MR) is 126 cm³/mol. The van der Waals surface area contributed by atoms with Crippen molar-refractivity contribution in [1.29, 1.82) is 0 Å². The highest BCUT2D eigenvalue weighted by molar-refractivity contribution is 5.80. The van der Waals surface area contributed by atoms with Crippen LogP contribution in [-0.2, 0) is 16.0 Å². The number of ether oxygens (including phenoxy) is 2. The van der Waals surface area contributed by atoms with E-state index in [1.165, 1.54) is 5.56 Å². The Hall–Kier alpha value is -1.90. The van der Waals surface area contributed by atoms with Crippen LogP contribution in [0.4, 0.5) is 5.82 Å². The molecule has 3 rings (SSSR count). The molecule has 2 N–H and O–H groups in total. The number of aliphatic imine (C=N–C) groups is 1. The summed E-state index contributed by atoms with van der Waals surface area (Å²) in [7, 11) is 1.83. The summed E-state index contributed by atoms with van der Waals surface area (Å²) < 4.78 is 11.3. The van der Waals surface area contributed by atoms with Crippen LogP contribution in [-0.4, -0.2) is 87.1 Å². The van der Waals surface area contributed by atoms with Crippen molar-refractivity contribution < 1.29 is 9.47 Å². The Bertz CT molecular complexity index is 690. The molecule has 0 spiro atoms. The SMILES string of the molecule is CN=C(NCc1ccnc(N2CCOC(C)C2)c1)NC1CCN(CCOC(C)C)CC1. The molecule has 1 aromatic heterocycles. The Morgan fingerprint density at radius 2 is 2.13 bits per heavy atom. The van der Waals surface area contributed by atoms with Crippen molar-refractivity contribution in [2.45, 2.75) is 58.4 Å². The third kappa shape index (κ3) is 7.94. The first-order chi connectivity index (χ1) is 15.0. The van der Waals surface area contributed by atoms with E-state index in [-0.39, 0.29) is 6.10 Å². The molecule has 0 saturated carbocycles. The van der Waals surface area contributed by atoms with Gasteiger partial charge in [0.15, 0.2) is 5.96 Å². The van der Waals surface area contributed by atoms with Crippen molar-refractivity contribution in [2.75, 3.05) is 57.9 Å². The average Bonchev–Trinajstić information content (AvgIpc) is 2.77. The zero-order valence-electron chi connectivity index (χ0n) is 19.6. The number of aromatic nitrogens is 1. The molecule has 2 fully saturated rings. The Balaban J connectivity index is 1.41. The third-order valence-corrected chi connectivity index (χ3v) is 5.85. The minimum atomic E-state index is 0.245. The van der Waals surface area contributed by atoms with Crippen molar-refractivity contribution in [3.05, 3.63) is 23.9 Å². The number of rotatable bonds is 8. The van der Waals surface area contributed by atoms with E-state index in [9.17, 15) is 0 Å². The summed E-state index contributed by atoms with van der Waals surface area (Å²) in [5.74, 6) is 1.88. The third-order valence-electron chi connectivity index (χ3n) is 5.85. The molecule has 1 unspecified atom stereocenters. The van der Waals surface area contributed by atoms with E-state index in [0.717, 1.165) is 77.1 Å². The molecule has 1 atom stereocenters. The highest BCUT2D eigenvalue weighted by Crippen LogP contribution is 2.16. The van der Waals surface area contributed by atoms with Crippen LogP contribution in [0.2, 0.25) is 0 Å². The van der Waals surface area contributed by atoms with E-state index in [1.54, 1.807) is 0 Å². The van der Waals surface area contributed by atoms with E-state index in [2.05, 4.69) is 63.3 Å². The summed E-state index contributed by atoms with van der Waals surface area (Å²) >= 11 is 0. The molecule has 0 bridgehead atoms. The van der Waals surface area contributed by atoms with Gasteiger partial charge in [-0.25, -0.2) is 4.98 Å². The maximum absolute atomic E-state index is 5.68. The standard InChI is InChI=1S/C23H40N6O2/c1-18(2)30-13-11-28-9-6-21(7-10-28)27-23(24-4)26-16-20-5-8-25-22(15-20)29-12-14-31-19(3)17-29/h5,8,15,18-19,21H,6-7,9-14,16-17H2,1-4H3,(H2,24,26,27). The lowest BCUT2D eigenvalue weighted by molar-refractivity contribution is 0.0528. The van der Waals surface area contributed by atoms with E-state index in [0.29, 0.717) is 12.1 Å². The van der Waals surface area contributed by atoms with Crippen LogP contribution in [0.25, 0.3) is 0 Å². The summed E-state index contributed by atoms with van der Waals surface area (Å²) in [5, 5.41) is 7.06. The number of guanidine groups is 1. The van der Waals surface area contributed by atoms with Crippen molar-refractivity contribution in [3.8, 4) is 0 Å². The Kier molecular flexibility index (Phi) is 9.36. The van der Waals surface area contributed by atoms with E-state index in [1.807, 2.05) is 13.2 Å². The van der Waals surface area contributed by atoms with Gasteiger partial charge in [-0.15, -0.1) is 0 Å². The van der Waals surface area contributed by atoms with Crippen LogP contribution in [0, 0.1) is 0 Å². The van der Waals surface area contributed by atoms with Crippen molar-refractivity contribution in [1.82, 2.24) is 20.5 Å². The number of hydrogen-bond acceptors (Lipinski definition) is 6. The second-order valence-electron chi connectivity index (χ2n) is 8.76. The molecule has 8 nitrogen and oxygen atoms in total. The summed E-state index contributed by atoms with van der Waals surface area (Å²) in [5.41, 5.74) is 1.20. The van der Waals surface area contributed by atoms with Crippen molar-refractivity contribution in [3.63, 3.8) is 0 Å². The molecule has 0 radical (unpaired) electrons. The number of anilines is 1. The average molecular weight is 433 g/mol. The fraction of sp³-hybridized carbons (Fsp3) is 0.739. The molecule has 1 aromatic rings. The lowest BCUT2D eigenvalue weighted by Crippen LogP contribution is -2.49. The zero-order valence-corrected chi connectivity index (χ0v) is 19.6. The van der Waals surface area contributed by atoms with Gasteiger partial charge in [-0.3, -0.25) is 4.99 Å². The number of nitrogens with zero attached hydrogens (tertiary/aromatic N) is 4. The molecule has 2 aliphatic rings. The molecule has 2 saturated heterocycles. The van der Waals surface area contributed by atoms with Gasteiger partial charge in [0, 0.05) is 58.6 Å². The fourth-order valence-corrected chi connectivity index (χ4v) is 4.06. The van der Waals surface area contributed by atoms with Crippen LogP contribution in [0.5, 0.6) is 0 Å². The minimum Gasteiger partial charge on any atom is -0.377 e. The molecule has 174 valence electrons. The van der Waals surface area contributed by atoms with Crippen LogP contribution in [0.3, 0.4) is 0 Å². The number of morpholine rings is 1. The number of pyridine rings is 1. The smallest absolute Gasteiger partial charge is 0.191 e. The molecule has 8 heteroatoms. The zero-order chi connectivity index (χ0) is 22.1. The van der Waals surface area contributed by atoms with Crippen molar-refractivity contribution >= 4 is 11.8 Å². The monoisotopic (exact) mass is 432 g/mol. The summed E-state index contributed by atoms with van der Waals surface area (Å²) in [6.07, 6.45) is 4.69. The normalized spacial score (nSPS) is 21.5. The summed E-state index contributed by atoms with van der Waals surface area (Å²) in [6.45, 7) is 13.6. The van der Waals surface area contributed by atoms with E-state index < -0.39 is 0 Å². The van der Waals surface area contributed by atoms with Gasteiger partial charge in [-0.1, -0.05) is 0 Å². The van der Waals surface area contributed by atoms with E-state index in [4.69, 9.17) is 9.47 Å². The Morgan fingerprint density at radius 1 is 1.32 bits per heavy atom. The first kappa shape index (κ1) is 23.8. The predicted octanol–water partition coefficient (Wildman–Crippen LogP) is 1.86. The van der Waals surface area contributed by atoms with Gasteiger partial charge >= 0.3 is 0 Å². The largest absolute Gasteiger partial charge is 0.377 e. The maximum atomic E-state index is 5.68. The van der Waals surface area contributed by atoms with Crippen LogP contribution in [0.15, 0.2) is 23.3 Å². The highest BCUT2D eigenvalue weighted by atomic mass is 16.5. The topological polar surface area (TPSA) is 74.2 Å². The van der Waals surface area contributed by atoms with E-state index >= 15 is 0 Å². The molecular weight excluding hydrogens is 392 g/mol. The molecule has 31 heavy (non-hydrogen) atoms. The van der Waals surface area contributed by atoms with Gasteiger partial charge in [-0.2, -0.15) is 0 Å². The first-order valence-corrected chi connectivity index (χ1v) is 11.7. The minimum absolute atomic E-state index is 0.245. The summed E-state index contributed by atoms with van der Waals surface area (Å²) in [6, 6.07) is 4.68. The molecule has 0 amide bonds. The Labute approximate surface area is 187 Å². The van der Waals surface area contributed by atoms with Gasteiger partial charge in [-0.05, 0) is 51.3 Å². The van der Waals surface area contributed by atoms with Crippen LogP contribution >= 0.6 is 0 Å². The quantitative estimate of drug-likeness (QED) is 0.480. The van der Waals surface area contributed by atoms with Gasteiger partial charge in [0.25, 0.3) is 0 Å². The lowest BCUT2D eigenvalue weighted by atomic mass is 10.1. The second kappa shape index (κ2) is 12.2. The maximum Gasteiger partial charge on any atom is 0.191 e. The van der Waals surface area contributed by atoms with Crippen molar-refractivity contribution in [2.24, 2.45) is 4.99 Å². The molecule has 2 aliphatic heterocycles. The van der Waals surface area contributed by atoms with Gasteiger partial charge in [0.1, 0.15) is 5.82 Å². The number of hydrogen-bond donors (Lipinski definition) is 2. The van der Waals surface area contributed by atoms with Crippen LogP contribution in [0.1, 0.15) is 39.2 Å². The molecule has 0 aliphatic carbocycles. The number of piperidine rings is 1. The van der Waals surface area contributed by atoms with Gasteiger partial charge in [0.05, 0.1) is 25.4 Å². The number of nitrogens with one attached hydrogen (secondary N) is 2. The number of likely N-dealkylation sites (tertiary alicyclic amines) is 1. The molecular formula is C23H40N6O2. The molecule has 0 aromatic carbocycles.